The fraction of sp³-hybridized carbons (Fsp3) is 0.185. The largest absolute Gasteiger partial charge is 0.490 e. The van der Waals surface area contributed by atoms with Gasteiger partial charge in [0.1, 0.15) is 6.61 Å². The Balaban J connectivity index is 1.62. The number of rotatable bonds is 7. The Kier molecular flexibility index (Phi) is 7.58. The molecule has 174 valence electrons. The molecule has 0 aromatic heterocycles. The Labute approximate surface area is 217 Å². The minimum atomic E-state index is -0.514. The van der Waals surface area contributed by atoms with Gasteiger partial charge in [-0.3, -0.25) is 0 Å². The molecule has 0 unspecified atom stereocenters. The van der Waals surface area contributed by atoms with Crippen molar-refractivity contribution in [3.63, 3.8) is 0 Å². The van der Waals surface area contributed by atoms with E-state index in [2.05, 4.69) is 27.6 Å². The number of esters is 1. The molecule has 0 atom stereocenters. The Hall–Kier alpha value is -2.84. The van der Waals surface area contributed by atoms with Crippen LogP contribution in [0.5, 0.6) is 11.5 Å². The number of nitrogens with zero attached hydrogens (tertiary/aromatic N) is 1. The van der Waals surface area contributed by atoms with E-state index in [9.17, 15) is 4.79 Å². The molecule has 4 rings (SSSR count). The predicted octanol–water partition coefficient (Wildman–Crippen LogP) is 6.88. The van der Waals surface area contributed by atoms with E-state index in [0.717, 1.165) is 25.8 Å². The lowest BCUT2D eigenvalue weighted by Crippen LogP contribution is -2.05. The number of aryl methyl sites for hydroxylation is 2. The average molecular weight is 588 g/mol. The molecule has 1 aliphatic rings. The smallest absolute Gasteiger partial charge is 0.363 e. The van der Waals surface area contributed by atoms with Crippen LogP contribution in [-0.2, 0) is 16.1 Å². The molecule has 0 aliphatic carbocycles. The van der Waals surface area contributed by atoms with E-state index in [0.29, 0.717) is 35.3 Å². The summed E-state index contributed by atoms with van der Waals surface area (Å²) in [6.07, 6.45) is 1.63. The normalized spacial score (nSPS) is 14.2. The highest BCUT2D eigenvalue weighted by molar-refractivity contribution is 14.1. The third-order valence-corrected chi connectivity index (χ3v) is 6.78. The molecule has 0 spiro atoms. The summed E-state index contributed by atoms with van der Waals surface area (Å²) in [6, 6.07) is 17.3. The first-order valence-electron chi connectivity index (χ1n) is 10.8. The van der Waals surface area contributed by atoms with Gasteiger partial charge in [-0.15, -0.1) is 0 Å². The van der Waals surface area contributed by atoms with Crippen molar-refractivity contribution in [3.8, 4) is 11.5 Å². The maximum atomic E-state index is 12.5. The van der Waals surface area contributed by atoms with Crippen LogP contribution in [0.2, 0.25) is 5.02 Å². The molecule has 0 amide bonds. The minimum Gasteiger partial charge on any atom is -0.490 e. The summed E-state index contributed by atoms with van der Waals surface area (Å²) in [5, 5.41) is 0.384. The van der Waals surface area contributed by atoms with Crippen LogP contribution in [-0.4, -0.2) is 18.5 Å². The second-order valence-corrected chi connectivity index (χ2v) is 9.35. The fourth-order valence-corrected chi connectivity index (χ4v) is 4.07. The first kappa shape index (κ1) is 24.3. The van der Waals surface area contributed by atoms with Crippen LogP contribution in [0.1, 0.15) is 34.7 Å². The van der Waals surface area contributed by atoms with Crippen molar-refractivity contribution < 1.29 is 19.0 Å². The number of halogens is 2. The van der Waals surface area contributed by atoms with Gasteiger partial charge in [-0.05, 0) is 102 Å². The number of carbonyl (C=O) groups excluding carboxylic acids is 1. The first-order chi connectivity index (χ1) is 16.4. The van der Waals surface area contributed by atoms with Gasteiger partial charge in [0.15, 0.2) is 17.2 Å². The molecule has 34 heavy (non-hydrogen) atoms. The van der Waals surface area contributed by atoms with Gasteiger partial charge >= 0.3 is 5.97 Å². The van der Waals surface area contributed by atoms with Gasteiger partial charge in [0.25, 0.3) is 0 Å². The zero-order chi connectivity index (χ0) is 24.2. The van der Waals surface area contributed by atoms with Crippen LogP contribution in [0, 0.1) is 17.4 Å². The van der Waals surface area contributed by atoms with Crippen LogP contribution < -0.4 is 9.47 Å². The summed E-state index contributed by atoms with van der Waals surface area (Å²) in [6.45, 7) is 6.72. The summed E-state index contributed by atoms with van der Waals surface area (Å²) < 4.78 is 18.4. The molecule has 0 radical (unpaired) electrons. The van der Waals surface area contributed by atoms with Crippen LogP contribution in [0.25, 0.3) is 6.08 Å². The highest BCUT2D eigenvalue weighted by atomic mass is 127. The summed E-state index contributed by atoms with van der Waals surface area (Å²) in [5.74, 6) is 0.728. The van der Waals surface area contributed by atoms with Crippen molar-refractivity contribution in [2.24, 2.45) is 4.99 Å². The van der Waals surface area contributed by atoms with E-state index in [1.807, 2.05) is 63.2 Å². The SMILES string of the molecule is CCOc1cc(/C=C2\N=C(c3ccc(I)c(C)c3)OC2=O)cc(Cl)c1OCc1ccccc1C. The van der Waals surface area contributed by atoms with E-state index in [4.69, 9.17) is 25.8 Å². The van der Waals surface area contributed by atoms with Crippen LogP contribution in [0.3, 0.4) is 0 Å². The molecule has 0 saturated carbocycles. The Morgan fingerprint density at radius 1 is 1.06 bits per heavy atom. The molecule has 3 aromatic carbocycles. The van der Waals surface area contributed by atoms with Gasteiger partial charge in [-0.25, -0.2) is 9.79 Å². The van der Waals surface area contributed by atoms with E-state index < -0.39 is 5.97 Å². The van der Waals surface area contributed by atoms with E-state index in [1.165, 1.54) is 0 Å². The standard InChI is InChI=1S/C27H23ClINO4/c1-4-32-24-14-18(12-21(28)25(24)33-15-20-8-6-5-7-16(20)2)13-23-27(31)34-26(30-23)19-9-10-22(29)17(3)11-19/h5-14H,4,15H2,1-3H3/b23-13-. The summed E-state index contributed by atoms with van der Waals surface area (Å²) >= 11 is 8.83. The lowest BCUT2D eigenvalue weighted by molar-refractivity contribution is -0.129. The number of benzene rings is 3. The topological polar surface area (TPSA) is 57.1 Å². The number of cyclic esters (lactones) is 1. The molecule has 0 saturated heterocycles. The van der Waals surface area contributed by atoms with E-state index in [-0.39, 0.29) is 11.6 Å². The zero-order valence-corrected chi connectivity index (χ0v) is 21.9. The van der Waals surface area contributed by atoms with E-state index >= 15 is 0 Å². The predicted molar refractivity (Wildman–Crippen MR) is 143 cm³/mol. The van der Waals surface area contributed by atoms with Gasteiger partial charge in [0.2, 0.25) is 5.90 Å². The zero-order valence-electron chi connectivity index (χ0n) is 19.0. The second kappa shape index (κ2) is 10.6. The van der Waals surface area contributed by atoms with Gasteiger partial charge in [-0.1, -0.05) is 35.9 Å². The Morgan fingerprint density at radius 2 is 1.85 bits per heavy atom. The quantitative estimate of drug-likeness (QED) is 0.172. The van der Waals surface area contributed by atoms with Crippen molar-refractivity contribution in [2.45, 2.75) is 27.4 Å². The second-order valence-electron chi connectivity index (χ2n) is 7.78. The number of carbonyl (C=O) groups is 1. The lowest BCUT2D eigenvalue weighted by Gasteiger charge is -2.15. The molecule has 0 fully saturated rings. The molecular formula is C27H23ClINO4. The third-order valence-electron chi connectivity index (χ3n) is 5.29. The van der Waals surface area contributed by atoms with Crippen molar-refractivity contribution in [1.29, 1.82) is 0 Å². The monoisotopic (exact) mass is 587 g/mol. The van der Waals surface area contributed by atoms with Crippen LogP contribution in [0.4, 0.5) is 0 Å². The van der Waals surface area contributed by atoms with Gasteiger partial charge in [-0.2, -0.15) is 0 Å². The maximum Gasteiger partial charge on any atom is 0.363 e. The molecule has 5 nitrogen and oxygen atoms in total. The summed E-state index contributed by atoms with van der Waals surface area (Å²) in [4.78, 5) is 16.9. The number of ether oxygens (including phenoxy) is 3. The van der Waals surface area contributed by atoms with E-state index in [1.54, 1.807) is 18.2 Å². The van der Waals surface area contributed by atoms with Crippen molar-refractivity contribution in [1.82, 2.24) is 0 Å². The minimum absolute atomic E-state index is 0.193. The number of hydrogen-bond donors (Lipinski definition) is 0. The van der Waals surface area contributed by atoms with Crippen LogP contribution in [0.15, 0.2) is 65.3 Å². The fourth-order valence-electron chi connectivity index (χ4n) is 3.46. The molecular weight excluding hydrogens is 565 g/mol. The highest BCUT2D eigenvalue weighted by Crippen LogP contribution is 2.38. The number of aliphatic imine (C=N–C) groups is 1. The lowest BCUT2D eigenvalue weighted by atomic mass is 10.1. The average Bonchev–Trinajstić information content (AvgIpc) is 3.16. The van der Waals surface area contributed by atoms with Crippen molar-refractivity contribution in [2.75, 3.05) is 6.61 Å². The highest BCUT2D eigenvalue weighted by Gasteiger charge is 2.25. The Morgan fingerprint density at radius 3 is 2.59 bits per heavy atom. The molecule has 1 heterocycles. The summed E-state index contributed by atoms with van der Waals surface area (Å²) in [7, 11) is 0. The molecule has 1 aliphatic heterocycles. The van der Waals surface area contributed by atoms with Gasteiger partial charge < -0.3 is 14.2 Å². The van der Waals surface area contributed by atoms with Crippen molar-refractivity contribution in [3.05, 3.63) is 96.7 Å². The van der Waals surface area contributed by atoms with Gasteiger partial charge in [0.05, 0.1) is 11.6 Å². The maximum absolute atomic E-state index is 12.5. The molecule has 0 bridgehead atoms. The third kappa shape index (κ3) is 5.45. The number of hydrogen-bond acceptors (Lipinski definition) is 5. The Bertz CT molecular complexity index is 1320. The first-order valence-corrected chi connectivity index (χ1v) is 12.2. The molecule has 3 aromatic rings. The molecule has 7 heteroatoms. The summed E-state index contributed by atoms with van der Waals surface area (Å²) in [5.41, 5.74) is 4.89. The van der Waals surface area contributed by atoms with Crippen molar-refractivity contribution >= 4 is 52.1 Å². The molecule has 0 N–H and O–H groups in total. The van der Waals surface area contributed by atoms with Crippen LogP contribution >= 0.6 is 34.2 Å². The van der Waals surface area contributed by atoms with Gasteiger partial charge in [0, 0.05) is 9.13 Å².